The average Bonchev–Trinajstić information content (AvgIpc) is 3.44. The average molecular weight is 452 g/mol. The van der Waals surface area contributed by atoms with Crippen LogP contribution in [0, 0.1) is 11.3 Å². The number of likely N-dealkylation sites (N-methyl/N-ethyl adjacent to an activating group) is 1. The smallest absolute Gasteiger partial charge is 0.330 e. The van der Waals surface area contributed by atoms with E-state index in [1.807, 2.05) is 28.6 Å². The summed E-state index contributed by atoms with van der Waals surface area (Å²) >= 11 is 0. The molecule has 1 spiro atoms. The minimum atomic E-state index is -0.0303. The number of hydrogen-bond acceptors (Lipinski definition) is 5. The summed E-state index contributed by atoms with van der Waals surface area (Å²) in [5.41, 5.74) is 2.37. The lowest BCUT2D eigenvalue weighted by molar-refractivity contribution is -0.121. The van der Waals surface area contributed by atoms with Crippen molar-refractivity contribution in [2.24, 2.45) is 18.4 Å². The standard InChI is InChI=1S/C24H30N6O3/c1-28(13-14-31)20-4-3-18-21(27-20)30(23(33)29(18)2)19-15-24(19)9-5-16(6-10-24)22(32)26-17-7-11-25-12-8-17/h3-4,7-8,11-12,16,19,31H,5-6,9-10,13-15H2,1-2H3,(H,25,26,32)/p+1. The van der Waals surface area contributed by atoms with Crippen LogP contribution in [0.1, 0.15) is 38.1 Å². The van der Waals surface area contributed by atoms with Crippen LogP contribution in [0.15, 0.2) is 41.5 Å². The molecule has 1 atom stereocenters. The third-order valence-corrected chi connectivity index (χ3v) is 7.52. The molecule has 3 aromatic heterocycles. The largest absolute Gasteiger partial charge is 0.444 e. The first-order valence-electron chi connectivity index (χ1n) is 11.6. The summed E-state index contributed by atoms with van der Waals surface area (Å²) in [5.74, 6) is 0.845. The summed E-state index contributed by atoms with van der Waals surface area (Å²) in [6.45, 7) is 0.880. The molecule has 3 aromatic rings. The van der Waals surface area contributed by atoms with Gasteiger partial charge in [0, 0.05) is 44.1 Å². The molecular formula is C24H31N6O3+. The molecule has 0 saturated heterocycles. The molecule has 1 unspecified atom stereocenters. The van der Waals surface area contributed by atoms with Crippen molar-refractivity contribution in [3.63, 3.8) is 0 Å². The van der Waals surface area contributed by atoms with E-state index in [0.29, 0.717) is 13.2 Å². The first-order chi connectivity index (χ1) is 15.9. The van der Waals surface area contributed by atoms with Crippen LogP contribution in [-0.4, -0.2) is 50.3 Å². The molecule has 9 nitrogen and oxygen atoms in total. The third-order valence-electron chi connectivity index (χ3n) is 7.52. The van der Waals surface area contributed by atoms with Gasteiger partial charge in [0.25, 0.3) is 0 Å². The van der Waals surface area contributed by atoms with Gasteiger partial charge in [-0.2, -0.15) is 0 Å². The van der Waals surface area contributed by atoms with E-state index >= 15 is 0 Å². The summed E-state index contributed by atoms with van der Waals surface area (Å²) < 4.78 is 3.56. The minimum Gasteiger partial charge on any atom is -0.444 e. The third kappa shape index (κ3) is 3.80. The summed E-state index contributed by atoms with van der Waals surface area (Å²) in [5, 5.41) is 10.5. The number of carbonyl (C=O) groups is 1. The Balaban J connectivity index is 1.33. The lowest BCUT2D eigenvalue weighted by Crippen LogP contribution is -2.30. The molecule has 0 aliphatic heterocycles. The Morgan fingerprint density at radius 1 is 1.24 bits per heavy atom. The van der Waals surface area contributed by atoms with Crippen molar-refractivity contribution < 1.29 is 9.90 Å². The van der Waals surface area contributed by atoms with Crippen molar-refractivity contribution in [1.82, 2.24) is 19.1 Å². The van der Waals surface area contributed by atoms with E-state index in [1.165, 1.54) is 0 Å². The number of anilines is 2. The van der Waals surface area contributed by atoms with E-state index < -0.39 is 0 Å². The van der Waals surface area contributed by atoms with Crippen LogP contribution in [0.25, 0.3) is 11.2 Å². The topological polar surface area (TPSA) is 108 Å². The zero-order valence-electron chi connectivity index (χ0n) is 19.1. The molecule has 0 bridgehead atoms. The van der Waals surface area contributed by atoms with Gasteiger partial charge in [0.2, 0.25) is 5.91 Å². The summed E-state index contributed by atoms with van der Waals surface area (Å²) in [7, 11) is 3.72. The van der Waals surface area contributed by atoms with Crippen LogP contribution in [0.2, 0.25) is 0 Å². The molecule has 174 valence electrons. The van der Waals surface area contributed by atoms with Crippen LogP contribution in [0.5, 0.6) is 0 Å². The highest BCUT2D eigenvalue weighted by atomic mass is 16.3. The first kappa shape index (κ1) is 21.6. The van der Waals surface area contributed by atoms with Crippen molar-refractivity contribution in [3.05, 3.63) is 47.1 Å². The second kappa shape index (κ2) is 8.30. The Morgan fingerprint density at radius 2 is 1.97 bits per heavy atom. The van der Waals surface area contributed by atoms with Gasteiger partial charge >= 0.3 is 5.69 Å². The van der Waals surface area contributed by atoms with Crippen LogP contribution in [0.4, 0.5) is 11.5 Å². The number of rotatable bonds is 6. The maximum Gasteiger partial charge on any atom is 0.330 e. The molecule has 33 heavy (non-hydrogen) atoms. The Kier molecular flexibility index (Phi) is 5.44. The Labute approximate surface area is 192 Å². The van der Waals surface area contributed by atoms with Gasteiger partial charge in [0.15, 0.2) is 12.3 Å². The number of pyridine rings is 2. The summed E-state index contributed by atoms with van der Waals surface area (Å²) in [6.07, 6.45) is 7.84. The molecule has 1 amide bonds. The fourth-order valence-corrected chi connectivity index (χ4v) is 5.36. The molecule has 3 N–H and O–H groups in total. The molecule has 2 saturated carbocycles. The van der Waals surface area contributed by atoms with E-state index in [-0.39, 0.29) is 29.0 Å². The molecular weight excluding hydrogens is 420 g/mol. The zero-order chi connectivity index (χ0) is 23.2. The lowest BCUT2D eigenvalue weighted by Gasteiger charge is -2.28. The number of aryl methyl sites for hydroxylation is 1. The number of fused-ring (bicyclic) bond motifs is 1. The van der Waals surface area contributed by atoms with Gasteiger partial charge in [0.1, 0.15) is 5.82 Å². The molecule has 3 heterocycles. The van der Waals surface area contributed by atoms with Gasteiger partial charge in [0.05, 0.1) is 12.1 Å². The highest BCUT2D eigenvalue weighted by molar-refractivity contribution is 5.92. The highest BCUT2D eigenvalue weighted by Crippen LogP contribution is 2.65. The quantitative estimate of drug-likeness (QED) is 0.577. The molecule has 2 aliphatic carbocycles. The van der Waals surface area contributed by atoms with Crippen molar-refractivity contribution >= 4 is 28.6 Å². The molecule has 0 radical (unpaired) electrons. The summed E-state index contributed by atoms with van der Waals surface area (Å²) in [6, 6.07) is 7.59. The van der Waals surface area contributed by atoms with Crippen LogP contribution < -0.4 is 15.9 Å². The van der Waals surface area contributed by atoms with Crippen molar-refractivity contribution in [3.8, 4) is 0 Å². The summed E-state index contributed by atoms with van der Waals surface area (Å²) in [4.78, 5) is 36.6. The van der Waals surface area contributed by atoms with Crippen LogP contribution >= 0.6 is 0 Å². The molecule has 9 heteroatoms. The van der Waals surface area contributed by atoms with E-state index in [1.54, 1.807) is 36.1 Å². The number of nitrogens with zero attached hydrogens (tertiary/aromatic N) is 5. The zero-order valence-corrected chi connectivity index (χ0v) is 19.1. The maximum atomic E-state index is 13.2. The predicted octanol–water partition coefficient (Wildman–Crippen LogP) is 2.05. The molecule has 5 rings (SSSR count). The van der Waals surface area contributed by atoms with Crippen LogP contribution in [0.3, 0.4) is 0 Å². The molecule has 2 aliphatic rings. The van der Waals surface area contributed by atoms with Gasteiger partial charge in [-0.1, -0.05) is 0 Å². The second-order valence-corrected chi connectivity index (χ2v) is 9.48. The Bertz CT molecular complexity index is 1230. The number of carbonyl (C=O) groups excluding carboxylic acids is 1. The predicted molar refractivity (Wildman–Crippen MR) is 128 cm³/mol. The number of imidazole rings is 1. The number of amides is 1. The highest BCUT2D eigenvalue weighted by Gasteiger charge is 2.57. The van der Waals surface area contributed by atoms with Crippen LogP contribution in [-0.2, 0) is 11.8 Å². The van der Waals surface area contributed by atoms with Crippen molar-refractivity contribution in [1.29, 1.82) is 0 Å². The normalized spacial score (nSPS) is 24.2. The van der Waals surface area contributed by atoms with Gasteiger partial charge in [-0.05, 0) is 61.8 Å². The number of nitrogens with one attached hydrogen (secondary N) is 1. The fourth-order valence-electron chi connectivity index (χ4n) is 5.36. The van der Waals surface area contributed by atoms with E-state index in [2.05, 4.69) is 10.3 Å². The van der Waals surface area contributed by atoms with Gasteiger partial charge in [-0.25, -0.2) is 9.78 Å². The molecule has 2 fully saturated rings. The fraction of sp³-hybridized carbons (Fsp3) is 0.500. The van der Waals surface area contributed by atoms with E-state index in [0.717, 1.165) is 54.8 Å². The monoisotopic (exact) mass is 451 g/mol. The van der Waals surface area contributed by atoms with Crippen molar-refractivity contribution in [2.75, 3.05) is 30.4 Å². The van der Waals surface area contributed by atoms with E-state index in [4.69, 9.17) is 10.1 Å². The van der Waals surface area contributed by atoms with Gasteiger partial charge < -0.3 is 15.3 Å². The number of hydrogen-bond donors (Lipinski definition) is 1. The Morgan fingerprint density at radius 3 is 2.67 bits per heavy atom. The van der Waals surface area contributed by atoms with Crippen molar-refractivity contribution in [2.45, 2.75) is 38.1 Å². The lowest BCUT2D eigenvalue weighted by atomic mass is 9.79. The SMILES string of the molecule is CN(CC[OH2+])c1ccc2c(n1)n(C1CC13CCC(C(=O)Nc1ccncc1)CC3)c(=O)n2C. The number of aromatic nitrogens is 4. The van der Waals surface area contributed by atoms with Gasteiger partial charge in [-0.3, -0.25) is 18.9 Å². The Hall–Kier alpha value is -3.20. The maximum absolute atomic E-state index is 13.2. The van der Waals surface area contributed by atoms with E-state index in [9.17, 15) is 9.59 Å². The van der Waals surface area contributed by atoms with Gasteiger partial charge in [-0.15, -0.1) is 0 Å². The molecule has 0 aromatic carbocycles. The first-order valence-corrected chi connectivity index (χ1v) is 11.6. The minimum absolute atomic E-state index is 0.00229. The second-order valence-electron chi connectivity index (χ2n) is 9.48.